The van der Waals surface area contributed by atoms with Crippen molar-refractivity contribution in [3.8, 4) is 5.75 Å². The maximum Gasteiger partial charge on any atom is 0.326 e. The van der Waals surface area contributed by atoms with Crippen LogP contribution in [0.2, 0.25) is 0 Å². The zero-order valence-electron chi connectivity index (χ0n) is 13.8. The molecule has 0 atom stereocenters. The predicted molar refractivity (Wildman–Crippen MR) is 84.2 cm³/mol. The molecule has 0 aromatic heterocycles. The molecule has 25 heavy (non-hydrogen) atoms. The van der Waals surface area contributed by atoms with E-state index in [-0.39, 0.29) is 12.5 Å². The van der Waals surface area contributed by atoms with Crippen molar-refractivity contribution >= 4 is 17.9 Å². The van der Waals surface area contributed by atoms with Crippen molar-refractivity contribution in [3.05, 3.63) is 29.6 Å². The molecule has 1 N–H and O–H groups in total. The fraction of sp³-hybridized carbons (Fsp3) is 0.471. The van der Waals surface area contributed by atoms with Crippen LogP contribution in [0.25, 0.3) is 0 Å². The highest BCUT2D eigenvalue weighted by atomic mass is 19.1. The van der Waals surface area contributed by atoms with Crippen molar-refractivity contribution in [2.75, 3.05) is 13.7 Å². The van der Waals surface area contributed by atoms with Gasteiger partial charge in [-0.3, -0.25) is 14.5 Å². The van der Waals surface area contributed by atoms with E-state index < -0.39 is 29.9 Å². The Kier molecular flexibility index (Phi) is 4.61. The summed E-state index contributed by atoms with van der Waals surface area (Å²) >= 11 is 0. The summed E-state index contributed by atoms with van der Waals surface area (Å²) in [7, 11) is 1.42. The standard InChI is InChI=1S/C17H19FN2O5/c1-24-13-5-4-12(18)8-11(13)10-25-14(21)9-20-15(22)17(19-16(20)23)6-2-3-7-17/h4-5,8H,2-3,6-7,9-10H2,1H3,(H,19,23). The van der Waals surface area contributed by atoms with Gasteiger partial charge in [-0.1, -0.05) is 12.8 Å². The molecule has 1 aromatic carbocycles. The fourth-order valence-corrected chi connectivity index (χ4v) is 3.33. The van der Waals surface area contributed by atoms with Crippen LogP contribution in [-0.2, 0) is 20.9 Å². The summed E-state index contributed by atoms with van der Waals surface area (Å²) in [6.45, 7) is -0.682. The number of nitrogens with one attached hydrogen (secondary N) is 1. The molecule has 8 heteroatoms. The number of urea groups is 1. The number of benzene rings is 1. The molecule has 1 aromatic rings. The molecule has 134 valence electrons. The van der Waals surface area contributed by atoms with Crippen LogP contribution in [0.4, 0.5) is 9.18 Å². The minimum atomic E-state index is -0.858. The molecular weight excluding hydrogens is 331 g/mol. The molecule has 0 radical (unpaired) electrons. The Morgan fingerprint density at radius 1 is 1.32 bits per heavy atom. The average molecular weight is 350 g/mol. The van der Waals surface area contributed by atoms with Gasteiger partial charge in [0.25, 0.3) is 5.91 Å². The van der Waals surface area contributed by atoms with E-state index in [0.29, 0.717) is 24.2 Å². The summed E-state index contributed by atoms with van der Waals surface area (Å²) in [5.74, 6) is -1.22. The van der Waals surface area contributed by atoms with Gasteiger partial charge >= 0.3 is 12.0 Å². The minimum absolute atomic E-state index is 0.214. The first-order valence-corrected chi connectivity index (χ1v) is 8.07. The SMILES string of the molecule is COc1ccc(F)cc1COC(=O)CN1C(=O)NC2(CCCC2)C1=O. The predicted octanol–water partition coefficient (Wildman–Crippen LogP) is 1.74. The Hall–Kier alpha value is -2.64. The van der Waals surface area contributed by atoms with Gasteiger partial charge < -0.3 is 14.8 Å². The van der Waals surface area contributed by atoms with E-state index in [2.05, 4.69) is 5.32 Å². The zero-order chi connectivity index (χ0) is 18.0. The molecule has 1 aliphatic carbocycles. The summed E-state index contributed by atoms with van der Waals surface area (Å²) in [6.07, 6.45) is 2.90. The lowest BCUT2D eigenvalue weighted by molar-refractivity contribution is -0.148. The summed E-state index contributed by atoms with van der Waals surface area (Å²) in [5, 5.41) is 2.69. The van der Waals surface area contributed by atoms with Gasteiger partial charge in [0.15, 0.2) is 0 Å². The van der Waals surface area contributed by atoms with Crippen molar-refractivity contribution in [3.63, 3.8) is 0 Å². The highest BCUT2D eigenvalue weighted by Crippen LogP contribution is 2.34. The van der Waals surface area contributed by atoms with Crippen molar-refractivity contribution in [2.45, 2.75) is 37.8 Å². The lowest BCUT2D eigenvalue weighted by Gasteiger charge is -2.19. The van der Waals surface area contributed by atoms with E-state index >= 15 is 0 Å². The molecular formula is C17H19FN2O5. The number of hydrogen-bond donors (Lipinski definition) is 1. The molecule has 0 bridgehead atoms. The molecule has 3 rings (SSSR count). The van der Waals surface area contributed by atoms with Gasteiger partial charge in [0.2, 0.25) is 0 Å². The van der Waals surface area contributed by atoms with Gasteiger partial charge in [-0.05, 0) is 31.0 Å². The van der Waals surface area contributed by atoms with E-state index in [1.807, 2.05) is 0 Å². The van der Waals surface area contributed by atoms with Crippen molar-refractivity contribution < 1.29 is 28.2 Å². The number of methoxy groups -OCH3 is 1. The number of amides is 3. The highest BCUT2D eigenvalue weighted by molar-refractivity contribution is 6.08. The van der Waals surface area contributed by atoms with Gasteiger partial charge in [-0.15, -0.1) is 0 Å². The number of carbonyl (C=O) groups excluding carboxylic acids is 3. The number of hydrogen-bond acceptors (Lipinski definition) is 5. The van der Waals surface area contributed by atoms with Crippen LogP contribution in [0.5, 0.6) is 5.75 Å². The molecule has 2 fully saturated rings. The first kappa shape index (κ1) is 17.2. The zero-order valence-corrected chi connectivity index (χ0v) is 13.8. The second-order valence-electron chi connectivity index (χ2n) is 6.23. The topological polar surface area (TPSA) is 84.9 Å². The van der Waals surface area contributed by atoms with Crippen LogP contribution in [0.15, 0.2) is 18.2 Å². The second kappa shape index (κ2) is 6.70. The number of nitrogens with zero attached hydrogens (tertiary/aromatic N) is 1. The lowest BCUT2D eigenvalue weighted by atomic mass is 9.98. The third-order valence-corrected chi connectivity index (χ3v) is 4.62. The van der Waals surface area contributed by atoms with Crippen LogP contribution in [-0.4, -0.2) is 42.0 Å². The quantitative estimate of drug-likeness (QED) is 0.646. The normalized spacial score (nSPS) is 18.6. The summed E-state index contributed by atoms with van der Waals surface area (Å²) in [6, 6.07) is 3.29. The van der Waals surface area contributed by atoms with E-state index in [4.69, 9.17) is 9.47 Å². The monoisotopic (exact) mass is 350 g/mol. The molecule has 7 nitrogen and oxygen atoms in total. The molecule has 3 amide bonds. The van der Waals surface area contributed by atoms with E-state index in [1.165, 1.54) is 25.3 Å². The average Bonchev–Trinajstić information content (AvgIpc) is 3.14. The number of carbonyl (C=O) groups is 3. The molecule has 1 spiro atoms. The van der Waals surface area contributed by atoms with Gasteiger partial charge in [0.1, 0.15) is 30.3 Å². The number of imide groups is 1. The fourth-order valence-electron chi connectivity index (χ4n) is 3.33. The Morgan fingerprint density at radius 2 is 2.04 bits per heavy atom. The lowest BCUT2D eigenvalue weighted by Crippen LogP contribution is -2.44. The number of halogens is 1. The van der Waals surface area contributed by atoms with Gasteiger partial charge in [0, 0.05) is 5.56 Å². The number of esters is 1. The van der Waals surface area contributed by atoms with Crippen molar-refractivity contribution in [2.24, 2.45) is 0 Å². The Labute approximate surface area is 144 Å². The van der Waals surface area contributed by atoms with Gasteiger partial charge in [-0.2, -0.15) is 0 Å². The smallest absolute Gasteiger partial charge is 0.326 e. The van der Waals surface area contributed by atoms with Crippen LogP contribution >= 0.6 is 0 Å². The molecule has 1 saturated carbocycles. The molecule has 1 aliphatic heterocycles. The Balaban J connectivity index is 1.61. The van der Waals surface area contributed by atoms with Crippen LogP contribution in [0.1, 0.15) is 31.2 Å². The number of ether oxygens (including phenoxy) is 2. The van der Waals surface area contributed by atoms with Gasteiger partial charge in [0.05, 0.1) is 7.11 Å². The molecule has 0 unspecified atom stereocenters. The van der Waals surface area contributed by atoms with Gasteiger partial charge in [-0.25, -0.2) is 9.18 Å². The second-order valence-corrected chi connectivity index (χ2v) is 6.23. The number of rotatable bonds is 5. The third-order valence-electron chi connectivity index (χ3n) is 4.62. The van der Waals surface area contributed by atoms with E-state index in [0.717, 1.165) is 17.7 Å². The summed E-state index contributed by atoms with van der Waals surface area (Å²) in [4.78, 5) is 37.4. The largest absolute Gasteiger partial charge is 0.496 e. The Bertz CT molecular complexity index is 715. The third kappa shape index (κ3) is 3.29. The summed E-state index contributed by atoms with van der Waals surface area (Å²) < 4.78 is 23.5. The maximum absolute atomic E-state index is 13.3. The van der Waals surface area contributed by atoms with E-state index in [9.17, 15) is 18.8 Å². The van der Waals surface area contributed by atoms with Crippen LogP contribution in [0.3, 0.4) is 0 Å². The first-order valence-electron chi connectivity index (χ1n) is 8.07. The van der Waals surface area contributed by atoms with Crippen LogP contribution in [0, 0.1) is 5.82 Å². The van der Waals surface area contributed by atoms with E-state index in [1.54, 1.807) is 0 Å². The van der Waals surface area contributed by atoms with Crippen molar-refractivity contribution in [1.82, 2.24) is 10.2 Å². The molecule has 1 saturated heterocycles. The minimum Gasteiger partial charge on any atom is -0.496 e. The molecule has 2 aliphatic rings. The Morgan fingerprint density at radius 3 is 2.72 bits per heavy atom. The highest BCUT2D eigenvalue weighted by Gasteiger charge is 2.52. The van der Waals surface area contributed by atoms with Crippen molar-refractivity contribution in [1.29, 1.82) is 0 Å². The maximum atomic E-state index is 13.3. The summed E-state index contributed by atoms with van der Waals surface area (Å²) in [5.41, 5.74) is -0.497. The van der Waals surface area contributed by atoms with Crippen LogP contribution < -0.4 is 10.1 Å². The molecule has 1 heterocycles. The first-order chi connectivity index (χ1) is 11.9.